The molecule has 1 aromatic heterocycles. The fraction of sp³-hybridized carbons (Fsp3) is 0.231. The summed E-state index contributed by atoms with van der Waals surface area (Å²) < 4.78 is 0. The van der Waals surface area contributed by atoms with Crippen molar-refractivity contribution in [3.8, 4) is 0 Å². The van der Waals surface area contributed by atoms with Crippen molar-refractivity contribution in [3.05, 3.63) is 107 Å². The van der Waals surface area contributed by atoms with Crippen molar-refractivity contribution in [2.75, 3.05) is 14.1 Å². The van der Waals surface area contributed by atoms with E-state index in [0.717, 1.165) is 35.6 Å². The Hall–Kier alpha value is -3.24. The van der Waals surface area contributed by atoms with Gasteiger partial charge in [0.15, 0.2) is 0 Å². The Balaban J connectivity index is 1.65. The zero-order valence-electron chi connectivity index (χ0n) is 17.5. The molecule has 0 fully saturated rings. The second kappa shape index (κ2) is 7.54. The molecule has 30 heavy (non-hydrogen) atoms. The Morgan fingerprint density at radius 3 is 2.60 bits per heavy atom. The van der Waals surface area contributed by atoms with E-state index in [1.807, 2.05) is 12.3 Å². The molecule has 0 spiro atoms. The predicted octanol–water partition coefficient (Wildman–Crippen LogP) is 4.54. The quantitative estimate of drug-likeness (QED) is 0.706. The summed E-state index contributed by atoms with van der Waals surface area (Å²) in [6.45, 7) is 5.10. The van der Waals surface area contributed by atoms with Gasteiger partial charge in [-0.2, -0.15) is 5.10 Å². The van der Waals surface area contributed by atoms with Gasteiger partial charge in [0.2, 0.25) is 0 Å². The molecule has 0 radical (unpaired) electrons. The van der Waals surface area contributed by atoms with Gasteiger partial charge in [0.25, 0.3) is 0 Å². The van der Waals surface area contributed by atoms with Crippen LogP contribution in [0.1, 0.15) is 45.3 Å². The summed E-state index contributed by atoms with van der Waals surface area (Å²) in [5.74, 6) is 0.378. The smallest absolute Gasteiger partial charge is 0.0770 e. The average molecular weight is 395 g/mol. The van der Waals surface area contributed by atoms with Crippen LogP contribution in [0.3, 0.4) is 0 Å². The van der Waals surface area contributed by atoms with Crippen LogP contribution in [0, 0.1) is 0 Å². The minimum Gasteiger partial charge on any atom is -0.305 e. The van der Waals surface area contributed by atoms with Crippen LogP contribution in [0.5, 0.6) is 0 Å². The van der Waals surface area contributed by atoms with Crippen molar-refractivity contribution < 1.29 is 0 Å². The zero-order valence-corrected chi connectivity index (χ0v) is 17.5. The minimum atomic E-state index is 0.141. The van der Waals surface area contributed by atoms with E-state index in [2.05, 4.69) is 85.6 Å². The van der Waals surface area contributed by atoms with E-state index in [0.29, 0.717) is 0 Å². The van der Waals surface area contributed by atoms with E-state index in [4.69, 9.17) is 10.1 Å². The number of nitrogens with one attached hydrogen (secondary N) is 1. The lowest BCUT2D eigenvalue weighted by Gasteiger charge is -2.37. The van der Waals surface area contributed by atoms with E-state index < -0.39 is 0 Å². The summed E-state index contributed by atoms with van der Waals surface area (Å²) in [6, 6.07) is 21.7. The van der Waals surface area contributed by atoms with Gasteiger partial charge in [0, 0.05) is 41.4 Å². The molecule has 0 amide bonds. The Morgan fingerprint density at radius 2 is 1.87 bits per heavy atom. The molecule has 2 heterocycles. The van der Waals surface area contributed by atoms with E-state index >= 15 is 0 Å². The molecule has 0 bridgehead atoms. The lowest BCUT2D eigenvalue weighted by molar-refractivity contribution is 0.402. The lowest BCUT2D eigenvalue weighted by atomic mass is 9.68. The molecule has 0 saturated heterocycles. The third kappa shape index (κ3) is 3.23. The number of benzene rings is 2. The standard InChI is InChI=1S/C26H26N4/c1-17-21-8-6-7-20-15-22(23-9-4-5-14-27-23)24(26(25(20)21)29-28-17)19-12-10-18(11-13-19)16-30(2)3/h4-14,22,24,28H,1,15-16H2,2-3H3. The largest absolute Gasteiger partial charge is 0.305 e. The first-order chi connectivity index (χ1) is 14.6. The number of aromatic nitrogens is 1. The molecule has 1 aliphatic carbocycles. The number of hydrogen-bond acceptors (Lipinski definition) is 4. The minimum absolute atomic E-state index is 0.141. The Morgan fingerprint density at radius 1 is 1.03 bits per heavy atom. The number of hydrogen-bond donors (Lipinski definition) is 1. The van der Waals surface area contributed by atoms with Crippen LogP contribution in [-0.2, 0) is 13.0 Å². The molecule has 2 atom stereocenters. The monoisotopic (exact) mass is 394 g/mol. The van der Waals surface area contributed by atoms with Gasteiger partial charge in [-0.1, -0.05) is 55.1 Å². The Bertz CT molecular complexity index is 1110. The van der Waals surface area contributed by atoms with Gasteiger partial charge in [-0.15, -0.1) is 0 Å². The summed E-state index contributed by atoms with van der Waals surface area (Å²) in [7, 11) is 4.19. The topological polar surface area (TPSA) is 40.5 Å². The fourth-order valence-corrected chi connectivity index (χ4v) is 4.79. The Labute approximate surface area is 178 Å². The van der Waals surface area contributed by atoms with Crippen LogP contribution >= 0.6 is 0 Å². The summed E-state index contributed by atoms with van der Waals surface area (Å²) in [5.41, 5.74) is 12.6. The molecule has 1 N–H and O–H groups in total. The fourth-order valence-electron chi connectivity index (χ4n) is 4.79. The van der Waals surface area contributed by atoms with Gasteiger partial charge in [-0.25, -0.2) is 0 Å². The first-order valence-electron chi connectivity index (χ1n) is 10.4. The third-order valence-corrected chi connectivity index (χ3v) is 6.09. The molecule has 150 valence electrons. The maximum absolute atomic E-state index is 4.82. The van der Waals surface area contributed by atoms with Crippen LogP contribution < -0.4 is 5.43 Å². The molecule has 2 unspecified atom stereocenters. The van der Waals surface area contributed by atoms with Gasteiger partial charge in [0.1, 0.15) is 0 Å². The van der Waals surface area contributed by atoms with Crippen molar-refractivity contribution in [3.63, 3.8) is 0 Å². The van der Waals surface area contributed by atoms with Crippen molar-refractivity contribution in [1.29, 1.82) is 0 Å². The molecular formula is C26H26N4. The molecule has 0 saturated carbocycles. The maximum atomic E-state index is 4.82. The van der Waals surface area contributed by atoms with Gasteiger partial charge in [0.05, 0.1) is 11.4 Å². The second-order valence-electron chi connectivity index (χ2n) is 8.45. The molecule has 2 aliphatic rings. The van der Waals surface area contributed by atoms with Gasteiger partial charge in [-0.05, 0) is 49.3 Å². The second-order valence-corrected chi connectivity index (χ2v) is 8.45. The third-order valence-electron chi connectivity index (χ3n) is 6.09. The first-order valence-corrected chi connectivity index (χ1v) is 10.4. The molecule has 1 aliphatic heterocycles. The number of rotatable bonds is 4. The molecule has 3 aromatic rings. The van der Waals surface area contributed by atoms with Crippen LogP contribution in [0.2, 0.25) is 0 Å². The summed E-state index contributed by atoms with van der Waals surface area (Å²) >= 11 is 0. The highest BCUT2D eigenvalue weighted by atomic mass is 15.3. The highest BCUT2D eigenvalue weighted by molar-refractivity contribution is 6.12. The van der Waals surface area contributed by atoms with E-state index in [9.17, 15) is 0 Å². The van der Waals surface area contributed by atoms with Gasteiger partial charge < -0.3 is 4.90 Å². The van der Waals surface area contributed by atoms with E-state index in [-0.39, 0.29) is 11.8 Å². The molecular weight excluding hydrogens is 368 g/mol. The summed E-state index contributed by atoms with van der Waals surface area (Å²) in [4.78, 5) is 6.92. The van der Waals surface area contributed by atoms with Crippen LogP contribution in [-0.4, -0.2) is 29.7 Å². The highest BCUT2D eigenvalue weighted by Gasteiger charge is 2.39. The number of pyridine rings is 1. The highest BCUT2D eigenvalue weighted by Crippen LogP contribution is 2.45. The predicted molar refractivity (Wildman–Crippen MR) is 122 cm³/mol. The zero-order chi connectivity index (χ0) is 20.7. The van der Waals surface area contributed by atoms with Crippen molar-refractivity contribution in [2.45, 2.75) is 24.8 Å². The average Bonchev–Trinajstić information content (AvgIpc) is 2.77. The van der Waals surface area contributed by atoms with Gasteiger partial charge >= 0.3 is 0 Å². The molecule has 2 aromatic carbocycles. The maximum Gasteiger partial charge on any atom is 0.0770 e. The lowest BCUT2D eigenvalue weighted by Crippen LogP contribution is -2.34. The number of nitrogens with zero attached hydrogens (tertiary/aromatic N) is 3. The van der Waals surface area contributed by atoms with Crippen LogP contribution in [0.25, 0.3) is 5.70 Å². The van der Waals surface area contributed by atoms with Crippen LogP contribution in [0.15, 0.2) is 78.5 Å². The SMILES string of the molecule is C=C1NN=C2c3c(cccc31)CC(c1ccccn1)C2c1ccc(CN(C)C)cc1. The molecule has 4 heteroatoms. The van der Waals surface area contributed by atoms with E-state index in [1.165, 1.54) is 22.3 Å². The summed E-state index contributed by atoms with van der Waals surface area (Å²) in [5, 5.41) is 4.82. The summed E-state index contributed by atoms with van der Waals surface area (Å²) in [6.07, 6.45) is 2.83. The molecule has 4 nitrogen and oxygen atoms in total. The first kappa shape index (κ1) is 18.8. The number of hydrazone groups is 1. The van der Waals surface area contributed by atoms with Crippen LogP contribution in [0.4, 0.5) is 0 Å². The van der Waals surface area contributed by atoms with Gasteiger partial charge in [-0.3, -0.25) is 10.4 Å². The normalized spacial score (nSPS) is 19.8. The van der Waals surface area contributed by atoms with E-state index in [1.54, 1.807) is 0 Å². The van der Waals surface area contributed by atoms with Crippen molar-refractivity contribution >= 4 is 11.4 Å². The van der Waals surface area contributed by atoms with Crippen molar-refractivity contribution in [2.24, 2.45) is 5.10 Å². The van der Waals surface area contributed by atoms with Crippen molar-refractivity contribution in [1.82, 2.24) is 15.3 Å². The Kier molecular flexibility index (Phi) is 4.72. The molecule has 5 rings (SSSR count).